The second kappa shape index (κ2) is 6.94. The van der Waals surface area contributed by atoms with E-state index in [9.17, 15) is 9.18 Å². The van der Waals surface area contributed by atoms with E-state index in [1.165, 1.54) is 31.4 Å². The quantitative estimate of drug-likeness (QED) is 0.853. The first kappa shape index (κ1) is 16.2. The molecule has 0 radical (unpaired) electrons. The number of rotatable bonds is 4. The minimum absolute atomic E-state index is 0.0140. The minimum atomic E-state index is -0.262. The predicted molar refractivity (Wildman–Crippen MR) is 89.4 cm³/mol. The Morgan fingerprint density at radius 2 is 1.92 bits per heavy atom. The number of likely N-dealkylation sites (tertiary alicyclic amines) is 1. The first-order valence-electron chi connectivity index (χ1n) is 9.05. The van der Waals surface area contributed by atoms with E-state index in [0.29, 0.717) is 37.1 Å². The summed E-state index contributed by atoms with van der Waals surface area (Å²) in [5.74, 6) is 1.08. The van der Waals surface area contributed by atoms with Crippen molar-refractivity contribution in [1.82, 2.24) is 15.0 Å². The summed E-state index contributed by atoms with van der Waals surface area (Å²) in [6.07, 6.45) is 6.86. The lowest BCUT2D eigenvalue weighted by atomic mass is 9.94. The normalized spacial score (nSPS) is 21.9. The molecule has 1 amide bonds. The highest BCUT2D eigenvalue weighted by Gasteiger charge is 2.37. The van der Waals surface area contributed by atoms with Crippen molar-refractivity contribution in [2.75, 3.05) is 6.54 Å². The van der Waals surface area contributed by atoms with Crippen molar-refractivity contribution >= 4 is 5.91 Å². The average molecular weight is 343 g/mol. The monoisotopic (exact) mass is 343 g/mol. The van der Waals surface area contributed by atoms with Gasteiger partial charge in [0.05, 0.1) is 6.42 Å². The topological polar surface area (TPSA) is 59.2 Å². The van der Waals surface area contributed by atoms with Gasteiger partial charge in [-0.1, -0.05) is 36.6 Å². The third-order valence-corrected chi connectivity index (χ3v) is 5.29. The fraction of sp³-hybridized carbons (Fsp3) is 0.526. The molecule has 2 fully saturated rings. The highest BCUT2D eigenvalue weighted by Crippen LogP contribution is 2.32. The fourth-order valence-electron chi connectivity index (χ4n) is 3.93. The van der Waals surface area contributed by atoms with Gasteiger partial charge in [0, 0.05) is 24.9 Å². The van der Waals surface area contributed by atoms with Gasteiger partial charge < -0.3 is 9.42 Å². The first-order valence-corrected chi connectivity index (χ1v) is 9.05. The van der Waals surface area contributed by atoms with Crippen molar-refractivity contribution in [2.45, 2.75) is 56.9 Å². The molecule has 2 aromatic rings. The van der Waals surface area contributed by atoms with Gasteiger partial charge in [-0.25, -0.2) is 4.39 Å². The zero-order chi connectivity index (χ0) is 17.2. The van der Waals surface area contributed by atoms with Gasteiger partial charge in [-0.15, -0.1) is 0 Å². The van der Waals surface area contributed by atoms with E-state index in [2.05, 4.69) is 10.1 Å². The van der Waals surface area contributed by atoms with Gasteiger partial charge in [-0.05, 0) is 30.5 Å². The molecule has 132 valence electrons. The Hall–Kier alpha value is -2.24. The van der Waals surface area contributed by atoms with Crippen LogP contribution in [0.5, 0.6) is 0 Å². The molecule has 5 nitrogen and oxygen atoms in total. The SMILES string of the molecule is O=C1C[C@H](c2noc(Cc3ccc(F)cc3)n2)CN1C1CCCCC1. The second-order valence-electron chi connectivity index (χ2n) is 7.09. The van der Waals surface area contributed by atoms with E-state index < -0.39 is 0 Å². The van der Waals surface area contributed by atoms with Gasteiger partial charge in [0.1, 0.15) is 5.82 Å². The molecule has 1 aliphatic heterocycles. The van der Waals surface area contributed by atoms with E-state index >= 15 is 0 Å². The number of amides is 1. The molecule has 1 saturated carbocycles. The molecular weight excluding hydrogens is 321 g/mol. The van der Waals surface area contributed by atoms with E-state index in [1.54, 1.807) is 12.1 Å². The molecule has 0 unspecified atom stereocenters. The Kier molecular flexibility index (Phi) is 4.51. The van der Waals surface area contributed by atoms with Crippen LogP contribution in [0.2, 0.25) is 0 Å². The van der Waals surface area contributed by atoms with Gasteiger partial charge >= 0.3 is 0 Å². The first-order chi connectivity index (χ1) is 12.2. The smallest absolute Gasteiger partial charge is 0.231 e. The van der Waals surface area contributed by atoms with Crippen molar-refractivity contribution in [3.63, 3.8) is 0 Å². The Morgan fingerprint density at radius 1 is 1.16 bits per heavy atom. The number of aromatic nitrogens is 2. The van der Waals surface area contributed by atoms with Crippen molar-refractivity contribution in [1.29, 1.82) is 0 Å². The summed E-state index contributed by atoms with van der Waals surface area (Å²) in [5, 5.41) is 4.09. The third kappa shape index (κ3) is 3.57. The Morgan fingerprint density at radius 3 is 2.68 bits per heavy atom. The van der Waals surface area contributed by atoms with E-state index in [4.69, 9.17) is 4.52 Å². The van der Waals surface area contributed by atoms with E-state index in [-0.39, 0.29) is 17.6 Å². The number of halogens is 1. The minimum Gasteiger partial charge on any atom is -0.339 e. The van der Waals surface area contributed by atoms with Gasteiger partial charge in [0.15, 0.2) is 5.82 Å². The lowest BCUT2D eigenvalue weighted by Gasteiger charge is -2.31. The van der Waals surface area contributed by atoms with Gasteiger partial charge in [-0.3, -0.25) is 4.79 Å². The van der Waals surface area contributed by atoms with E-state index in [0.717, 1.165) is 18.4 Å². The van der Waals surface area contributed by atoms with Gasteiger partial charge in [0.2, 0.25) is 11.8 Å². The summed E-state index contributed by atoms with van der Waals surface area (Å²) >= 11 is 0. The van der Waals surface area contributed by atoms with Crippen LogP contribution in [-0.2, 0) is 11.2 Å². The molecule has 1 aliphatic carbocycles. The molecule has 0 bridgehead atoms. The van der Waals surface area contributed by atoms with Gasteiger partial charge in [0.25, 0.3) is 0 Å². The maximum absolute atomic E-state index is 13.0. The number of benzene rings is 1. The number of carbonyl (C=O) groups excluding carboxylic acids is 1. The standard InChI is InChI=1S/C19H22FN3O2/c20-15-8-6-13(7-9-15)10-17-21-19(22-25-17)14-11-18(24)23(12-14)16-4-2-1-3-5-16/h6-9,14,16H,1-5,10-12H2/t14-/m0/s1. The molecule has 0 N–H and O–H groups in total. The summed E-state index contributed by atoms with van der Waals surface area (Å²) in [5.41, 5.74) is 0.919. The summed E-state index contributed by atoms with van der Waals surface area (Å²) in [7, 11) is 0. The molecule has 1 atom stereocenters. The van der Waals surface area contributed by atoms with Crippen molar-refractivity contribution in [3.8, 4) is 0 Å². The molecule has 2 heterocycles. The molecule has 1 aromatic carbocycles. The van der Waals surface area contributed by atoms with Crippen LogP contribution >= 0.6 is 0 Å². The highest BCUT2D eigenvalue weighted by molar-refractivity contribution is 5.79. The second-order valence-corrected chi connectivity index (χ2v) is 7.09. The number of hydrogen-bond donors (Lipinski definition) is 0. The molecule has 1 saturated heterocycles. The third-order valence-electron chi connectivity index (χ3n) is 5.29. The summed E-state index contributed by atoms with van der Waals surface area (Å²) < 4.78 is 18.3. The molecule has 1 aromatic heterocycles. The Labute approximate surface area is 146 Å². The zero-order valence-electron chi connectivity index (χ0n) is 14.2. The molecule has 25 heavy (non-hydrogen) atoms. The number of carbonyl (C=O) groups is 1. The van der Waals surface area contributed by atoms with E-state index in [1.807, 2.05) is 4.90 Å². The molecule has 0 spiro atoms. The summed E-state index contributed by atoms with van der Waals surface area (Å²) in [4.78, 5) is 18.9. The fourth-order valence-corrected chi connectivity index (χ4v) is 3.93. The number of hydrogen-bond acceptors (Lipinski definition) is 4. The Bertz CT molecular complexity index is 737. The van der Waals surface area contributed by atoms with Crippen LogP contribution in [-0.4, -0.2) is 33.5 Å². The number of nitrogens with zero attached hydrogens (tertiary/aromatic N) is 3. The van der Waals surface area contributed by atoms with Crippen LogP contribution in [0.15, 0.2) is 28.8 Å². The van der Waals surface area contributed by atoms with Crippen LogP contribution in [0.1, 0.15) is 61.7 Å². The highest BCUT2D eigenvalue weighted by atomic mass is 19.1. The summed E-state index contributed by atoms with van der Waals surface area (Å²) in [6.45, 7) is 0.693. The van der Waals surface area contributed by atoms with Crippen LogP contribution in [0.3, 0.4) is 0 Å². The lowest BCUT2D eigenvalue weighted by Crippen LogP contribution is -2.37. The lowest BCUT2D eigenvalue weighted by molar-refractivity contribution is -0.130. The van der Waals surface area contributed by atoms with Crippen LogP contribution in [0.25, 0.3) is 0 Å². The van der Waals surface area contributed by atoms with Crippen molar-refractivity contribution in [3.05, 3.63) is 47.4 Å². The molecule has 6 heteroatoms. The van der Waals surface area contributed by atoms with Crippen molar-refractivity contribution < 1.29 is 13.7 Å². The van der Waals surface area contributed by atoms with Gasteiger partial charge in [-0.2, -0.15) is 4.98 Å². The van der Waals surface area contributed by atoms with Crippen molar-refractivity contribution in [2.24, 2.45) is 0 Å². The Balaban J connectivity index is 1.41. The largest absolute Gasteiger partial charge is 0.339 e. The van der Waals surface area contributed by atoms with Crippen LogP contribution in [0.4, 0.5) is 4.39 Å². The predicted octanol–water partition coefficient (Wildman–Crippen LogP) is 3.45. The molecular formula is C19H22FN3O2. The molecule has 2 aliphatic rings. The summed E-state index contributed by atoms with van der Waals surface area (Å²) in [6, 6.07) is 6.65. The van der Waals surface area contributed by atoms with Crippen LogP contribution < -0.4 is 0 Å². The maximum atomic E-state index is 13.0. The average Bonchev–Trinajstić information content (AvgIpc) is 3.24. The molecule has 4 rings (SSSR count). The maximum Gasteiger partial charge on any atom is 0.231 e. The van der Waals surface area contributed by atoms with Crippen LogP contribution in [0, 0.1) is 5.82 Å². The zero-order valence-corrected chi connectivity index (χ0v) is 14.2.